The third-order valence-corrected chi connectivity index (χ3v) is 5.24. The second-order valence-electron chi connectivity index (χ2n) is 4.44. The number of nitrogens with two attached hydrogens (primary N) is 1. The van der Waals surface area contributed by atoms with Gasteiger partial charge in [-0.25, -0.2) is 5.43 Å². The van der Waals surface area contributed by atoms with Gasteiger partial charge in [0.1, 0.15) is 21.7 Å². The third-order valence-electron chi connectivity index (χ3n) is 2.91. The van der Waals surface area contributed by atoms with Crippen LogP contribution in [0.4, 0.5) is 5.00 Å². The number of nitrogens with zero attached hydrogens (tertiary/aromatic N) is 2. The molecular weight excluding hydrogens is 448 g/mol. The number of aromatic hydroxyl groups is 1. The molecule has 0 bridgehead atoms. The Kier molecular flexibility index (Phi) is 5.41. The van der Waals surface area contributed by atoms with Gasteiger partial charge in [0.2, 0.25) is 0 Å². The maximum atomic E-state index is 12.1. The number of hydrazone groups is 1. The molecule has 23 heavy (non-hydrogen) atoms. The molecule has 0 atom stereocenters. The van der Waals surface area contributed by atoms with Crippen molar-refractivity contribution in [2.45, 2.75) is 6.92 Å². The van der Waals surface area contributed by atoms with Crippen molar-refractivity contribution in [2.24, 2.45) is 5.10 Å². The lowest BCUT2D eigenvalue weighted by molar-refractivity contribution is 0.0958. The van der Waals surface area contributed by atoms with Gasteiger partial charge in [-0.05, 0) is 62.0 Å². The summed E-state index contributed by atoms with van der Waals surface area (Å²) in [6.45, 7) is 1.66. The van der Waals surface area contributed by atoms with Gasteiger partial charge in [0, 0.05) is 0 Å². The summed E-state index contributed by atoms with van der Waals surface area (Å²) in [7, 11) is 0. The molecule has 4 N–H and O–H groups in total. The Morgan fingerprint density at radius 1 is 1.48 bits per heavy atom. The minimum absolute atomic E-state index is 0.0832. The van der Waals surface area contributed by atoms with Crippen LogP contribution in [0, 0.1) is 18.3 Å². The Morgan fingerprint density at radius 2 is 2.09 bits per heavy atom. The first-order valence-electron chi connectivity index (χ1n) is 6.15. The zero-order chi connectivity index (χ0) is 17.1. The highest BCUT2D eigenvalue weighted by Crippen LogP contribution is 2.33. The van der Waals surface area contributed by atoms with Crippen molar-refractivity contribution in [3.63, 3.8) is 0 Å². The molecule has 0 unspecified atom stereocenters. The van der Waals surface area contributed by atoms with Crippen LogP contribution in [0.2, 0.25) is 0 Å². The molecule has 1 aromatic carbocycles. The number of rotatable bonds is 3. The third kappa shape index (κ3) is 3.72. The van der Waals surface area contributed by atoms with Crippen molar-refractivity contribution in [1.82, 2.24) is 5.43 Å². The van der Waals surface area contributed by atoms with Gasteiger partial charge in [-0.15, -0.1) is 11.3 Å². The van der Waals surface area contributed by atoms with E-state index in [0.717, 1.165) is 11.3 Å². The Labute approximate surface area is 152 Å². The molecule has 0 saturated heterocycles. The topological polar surface area (TPSA) is 112 Å². The van der Waals surface area contributed by atoms with Crippen molar-refractivity contribution in [3.05, 3.63) is 42.6 Å². The van der Waals surface area contributed by atoms with Crippen LogP contribution in [0.5, 0.6) is 5.75 Å². The van der Waals surface area contributed by atoms with Crippen molar-refractivity contribution in [3.8, 4) is 11.8 Å². The minimum atomic E-state index is -0.436. The largest absolute Gasteiger partial charge is 0.506 e. The van der Waals surface area contributed by atoms with E-state index in [1.165, 1.54) is 6.21 Å². The summed E-state index contributed by atoms with van der Waals surface area (Å²) in [5.74, 6) is -0.353. The summed E-state index contributed by atoms with van der Waals surface area (Å²) in [4.78, 5) is 12.4. The fourth-order valence-corrected chi connectivity index (χ4v) is 3.90. The molecule has 1 amide bonds. The maximum absolute atomic E-state index is 12.1. The lowest BCUT2D eigenvalue weighted by Crippen LogP contribution is -2.17. The quantitative estimate of drug-likeness (QED) is 0.483. The van der Waals surface area contributed by atoms with Crippen LogP contribution in [0.15, 0.2) is 26.2 Å². The number of thiophene rings is 1. The molecule has 2 rings (SSSR count). The van der Waals surface area contributed by atoms with Gasteiger partial charge in [-0.1, -0.05) is 0 Å². The van der Waals surface area contributed by atoms with Gasteiger partial charge in [-0.3, -0.25) is 4.79 Å². The standard InChI is InChI=1S/C14H10Br2N4O2S/c1-6-8(4-17)13(18)23-12(6)14(22)20-19-5-7-2-9(15)11(21)10(16)3-7/h2-3,5,21H,18H2,1H3,(H,20,22)/b19-5-. The van der Waals surface area contributed by atoms with Gasteiger partial charge in [0.25, 0.3) is 5.91 Å². The van der Waals surface area contributed by atoms with E-state index in [0.29, 0.717) is 35.5 Å². The first kappa shape index (κ1) is 17.5. The molecule has 0 radical (unpaired) electrons. The molecule has 1 heterocycles. The molecule has 6 nitrogen and oxygen atoms in total. The number of phenolic OH excluding ortho intramolecular Hbond substituents is 1. The van der Waals surface area contributed by atoms with E-state index in [4.69, 9.17) is 11.0 Å². The van der Waals surface area contributed by atoms with Crippen LogP contribution in [0.3, 0.4) is 0 Å². The Morgan fingerprint density at radius 3 is 2.61 bits per heavy atom. The molecule has 0 aliphatic carbocycles. The molecule has 2 aromatic rings. The van der Waals surface area contributed by atoms with E-state index in [2.05, 4.69) is 42.4 Å². The van der Waals surface area contributed by atoms with E-state index in [-0.39, 0.29) is 5.75 Å². The summed E-state index contributed by atoms with van der Waals surface area (Å²) in [6.07, 6.45) is 1.43. The first-order valence-corrected chi connectivity index (χ1v) is 8.55. The average molecular weight is 458 g/mol. The van der Waals surface area contributed by atoms with E-state index < -0.39 is 5.91 Å². The molecule has 0 fully saturated rings. The van der Waals surface area contributed by atoms with Crippen LogP contribution in [0.1, 0.15) is 26.4 Å². The lowest BCUT2D eigenvalue weighted by atomic mass is 10.2. The van der Waals surface area contributed by atoms with Crippen molar-refractivity contribution in [2.75, 3.05) is 5.73 Å². The van der Waals surface area contributed by atoms with Gasteiger partial charge in [-0.2, -0.15) is 10.4 Å². The summed E-state index contributed by atoms with van der Waals surface area (Å²) >= 11 is 7.47. The number of nitrogen functional groups attached to an aromatic ring is 1. The molecule has 9 heteroatoms. The van der Waals surface area contributed by atoms with E-state index in [9.17, 15) is 9.90 Å². The monoisotopic (exact) mass is 456 g/mol. The number of nitriles is 1. The fraction of sp³-hybridized carbons (Fsp3) is 0.0714. The van der Waals surface area contributed by atoms with Crippen molar-refractivity contribution < 1.29 is 9.90 Å². The first-order chi connectivity index (χ1) is 10.8. The summed E-state index contributed by atoms with van der Waals surface area (Å²) in [5, 5.41) is 22.8. The number of carbonyl (C=O) groups is 1. The number of phenols is 1. The predicted octanol–water partition coefficient (Wildman–Crippen LogP) is 3.50. The molecule has 118 valence electrons. The lowest BCUT2D eigenvalue weighted by Gasteiger charge is -2.02. The van der Waals surface area contributed by atoms with Gasteiger partial charge in [0.05, 0.1) is 20.7 Å². The second-order valence-corrected chi connectivity index (χ2v) is 7.20. The number of carbonyl (C=O) groups excluding carboxylic acids is 1. The number of anilines is 1. The number of benzene rings is 1. The predicted molar refractivity (Wildman–Crippen MR) is 96.8 cm³/mol. The Balaban J connectivity index is 2.15. The highest BCUT2D eigenvalue weighted by atomic mass is 79.9. The Hall–Kier alpha value is -1.89. The maximum Gasteiger partial charge on any atom is 0.281 e. The number of nitrogens with one attached hydrogen (secondary N) is 1. The molecule has 0 saturated carbocycles. The van der Waals surface area contributed by atoms with Crippen LogP contribution in [-0.2, 0) is 0 Å². The summed E-state index contributed by atoms with van der Waals surface area (Å²) in [5.41, 5.74) is 9.61. The van der Waals surface area contributed by atoms with Gasteiger partial charge in [0.15, 0.2) is 0 Å². The van der Waals surface area contributed by atoms with Crippen molar-refractivity contribution >= 4 is 60.3 Å². The van der Waals surface area contributed by atoms with Crippen molar-refractivity contribution in [1.29, 1.82) is 5.26 Å². The fourth-order valence-electron chi connectivity index (χ4n) is 1.77. The number of hydrogen-bond acceptors (Lipinski definition) is 6. The zero-order valence-electron chi connectivity index (χ0n) is 11.7. The van der Waals surface area contributed by atoms with Crippen LogP contribution < -0.4 is 11.2 Å². The summed E-state index contributed by atoms with van der Waals surface area (Å²) in [6, 6.07) is 5.27. The SMILES string of the molecule is Cc1c(C(=O)N/N=C\c2cc(Br)c(O)c(Br)c2)sc(N)c1C#N. The van der Waals surface area contributed by atoms with E-state index in [1.54, 1.807) is 19.1 Å². The highest BCUT2D eigenvalue weighted by Gasteiger charge is 2.18. The van der Waals surface area contributed by atoms with Crippen LogP contribution >= 0.6 is 43.2 Å². The average Bonchev–Trinajstić information content (AvgIpc) is 2.79. The van der Waals surface area contributed by atoms with E-state index >= 15 is 0 Å². The normalized spacial score (nSPS) is 10.7. The second kappa shape index (κ2) is 7.12. The molecule has 0 spiro atoms. The van der Waals surface area contributed by atoms with Crippen LogP contribution in [-0.4, -0.2) is 17.2 Å². The molecule has 0 aliphatic heterocycles. The van der Waals surface area contributed by atoms with Crippen LogP contribution in [0.25, 0.3) is 0 Å². The number of halogens is 2. The Bertz CT molecular complexity index is 832. The molecule has 1 aromatic heterocycles. The van der Waals surface area contributed by atoms with Gasteiger partial charge < -0.3 is 10.8 Å². The number of hydrogen-bond donors (Lipinski definition) is 3. The highest BCUT2D eigenvalue weighted by molar-refractivity contribution is 9.11. The molecule has 0 aliphatic rings. The van der Waals surface area contributed by atoms with Gasteiger partial charge >= 0.3 is 0 Å². The minimum Gasteiger partial charge on any atom is -0.506 e. The van der Waals surface area contributed by atoms with E-state index in [1.807, 2.05) is 6.07 Å². The molecular formula is C14H10Br2N4O2S. The summed E-state index contributed by atoms with van der Waals surface area (Å²) < 4.78 is 1.00. The number of amides is 1. The zero-order valence-corrected chi connectivity index (χ0v) is 15.7. The smallest absolute Gasteiger partial charge is 0.281 e.